The van der Waals surface area contributed by atoms with Crippen LogP contribution in [0.2, 0.25) is 0 Å². The van der Waals surface area contributed by atoms with E-state index in [-0.39, 0.29) is 18.9 Å². The van der Waals surface area contributed by atoms with Crippen molar-refractivity contribution in [3.05, 3.63) is 35.4 Å². The van der Waals surface area contributed by atoms with Crippen LogP contribution in [0.15, 0.2) is 24.3 Å². The molecule has 18 heavy (non-hydrogen) atoms. The molecule has 0 saturated carbocycles. The number of nitrogens with zero attached hydrogens (tertiary/aromatic N) is 1. The van der Waals surface area contributed by atoms with Gasteiger partial charge in [-0.25, -0.2) is 0 Å². The Morgan fingerprint density at radius 1 is 1.28 bits per heavy atom. The van der Waals surface area contributed by atoms with E-state index in [1.54, 1.807) is 24.3 Å². The second kappa shape index (κ2) is 6.76. The molecule has 0 saturated heterocycles. The number of nitrogens with two attached hydrogens (primary N) is 1. The minimum Gasteiger partial charge on any atom is -0.481 e. The van der Waals surface area contributed by atoms with Gasteiger partial charge in [-0.3, -0.25) is 9.59 Å². The van der Waals surface area contributed by atoms with Gasteiger partial charge in [-0.05, 0) is 24.6 Å². The average Bonchev–Trinajstić information content (AvgIpc) is 2.39. The van der Waals surface area contributed by atoms with Crippen LogP contribution in [-0.4, -0.2) is 35.0 Å². The van der Waals surface area contributed by atoms with Crippen molar-refractivity contribution in [2.75, 3.05) is 13.1 Å². The Balaban J connectivity index is 2.72. The maximum absolute atomic E-state index is 12.1. The minimum absolute atomic E-state index is 0.0412. The topological polar surface area (TPSA) is 83.6 Å². The second-order valence-corrected chi connectivity index (χ2v) is 3.93. The van der Waals surface area contributed by atoms with Crippen LogP contribution in [0, 0.1) is 0 Å². The number of hydrogen-bond acceptors (Lipinski definition) is 3. The molecule has 0 unspecified atom stereocenters. The van der Waals surface area contributed by atoms with Crippen LogP contribution in [0.25, 0.3) is 0 Å². The summed E-state index contributed by atoms with van der Waals surface area (Å²) in [5.41, 5.74) is 7.00. The largest absolute Gasteiger partial charge is 0.481 e. The lowest BCUT2D eigenvalue weighted by Gasteiger charge is -2.20. The van der Waals surface area contributed by atoms with Crippen LogP contribution < -0.4 is 5.73 Å². The van der Waals surface area contributed by atoms with Crippen LogP contribution >= 0.6 is 0 Å². The van der Waals surface area contributed by atoms with Crippen molar-refractivity contribution >= 4 is 11.9 Å². The highest BCUT2D eigenvalue weighted by atomic mass is 16.4. The Kier molecular flexibility index (Phi) is 5.32. The highest BCUT2D eigenvalue weighted by molar-refractivity contribution is 5.94. The molecule has 5 heteroatoms. The van der Waals surface area contributed by atoms with Crippen molar-refractivity contribution in [2.45, 2.75) is 19.9 Å². The van der Waals surface area contributed by atoms with Gasteiger partial charge in [0, 0.05) is 25.2 Å². The smallest absolute Gasteiger partial charge is 0.305 e. The second-order valence-electron chi connectivity index (χ2n) is 3.93. The fourth-order valence-electron chi connectivity index (χ4n) is 1.60. The predicted molar refractivity (Wildman–Crippen MR) is 68.2 cm³/mol. The summed E-state index contributed by atoms with van der Waals surface area (Å²) in [6.45, 7) is 2.98. The van der Waals surface area contributed by atoms with E-state index in [0.29, 0.717) is 18.7 Å². The lowest BCUT2D eigenvalue weighted by molar-refractivity contribution is -0.137. The molecule has 0 atom stereocenters. The van der Waals surface area contributed by atoms with Crippen LogP contribution in [0.4, 0.5) is 0 Å². The van der Waals surface area contributed by atoms with E-state index in [1.807, 2.05) is 6.92 Å². The van der Waals surface area contributed by atoms with Crippen molar-refractivity contribution in [3.8, 4) is 0 Å². The molecule has 0 aliphatic heterocycles. The van der Waals surface area contributed by atoms with Gasteiger partial charge in [-0.2, -0.15) is 0 Å². The minimum atomic E-state index is -0.903. The number of hydrogen-bond donors (Lipinski definition) is 2. The molecule has 3 N–H and O–H groups in total. The number of carboxylic acid groups (broad SMARTS) is 1. The zero-order valence-electron chi connectivity index (χ0n) is 10.4. The third-order valence-electron chi connectivity index (χ3n) is 2.70. The SMILES string of the molecule is CCN(CCC(=O)O)C(=O)c1ccc(CN)cc1. The number of amides is 1. The number of carbonyl (C=O) groups is 2. The number of benzene rings is 1. The van der Waals surface area contributed by atoms with E-state index < -0.39 is 5.97 Å². The van der Waals surface area contributed by atoms with Crippen LogP contribution in [0.5, 0.6) is 0 Å². The maximum Gasteiger partial charge on any atom is 0.305 e. The van der Waals surface area contributed by atoms with E-state index in [1.165, 1.54) is 4.90 Å². The van der Waals surface area contributed by atoms with Crippen molar-refractivity contribution in [1.29, 1.82) is 0 Å². The molecule has 0 aliphatic carbocycles. The fourth-order valence-corrected chi connectivity index (χ4v) is 1.60. The predicted octanol–water partition coefficient (Wildman–Crippen LogP) is 1.08. The summed E-state index contributed by atoms with van der Waals surface area (Å²) < 4.78 is 0. The molecule has 0 aliphatic rings. The molecule has 1 rings (SSSR count). The molecule has 0 spiro atoms. The fraction of sp³-hybridized carbons (Fsp3) is 0.385. The monoisotopic (exact) mass is 250 g/mol. The van der Waals surface area contributed by atoms with Crippen LogP contribution in [-0.2, 0) is 11.3 Å². The normalized spacial score (nSPS) is 10.1. The van der Waals surface area contributed by atoms with Gasteiger partial charge in [0.25, 0.3) is 5.91 Å². The average molecular weight is 250 g/mol. The summed E-state index contributed by atoms with van der Waals surface area (Å²) in [5.74, 6) is -1.05. The number of rotatable bonds is 6. The van der Waals surface area contributed by atoms with Gasteiger partial charge in [0.05, 0.1) is 6.42 Å². The number of carbonyl (C=O) groups excluding carboxylic acids is 1. The maximum atomic E-state index is 12.1. The zero-order chi connectivity index (χ0) is 13.5. The van der Waals surface area contributed by atoms with E-state index >= 15 is 0 Å². The summed E-state index contributed by atoms with van der Waals surface area (Å²) in [6, 6.07) is 7.04. The standard InChI is InChI=1S/C13H18N2O3/c1-2-15(8-7-12(16)17)13(18)11-5-3-10(9-14)4-6-11/h3-6H,2,7-9,14H2,1H3,(H,16,17). The van der Waals surface area contributed by atoms with Gasteiger partial charge >= 0.3 is 5.97 Å². The van der Waals surface area contributed by atoms with Crippen molar-refractivity contribution in [2.24, 2.45) is 5.73 Å². The molecular weight excluding hydrogens is 232 g/mol. The Labute approximate surface area is 106 Å². The highest BCUT2D eigenvalue weighted by Crippen LogP contribution is 2.08. The van der Waals surface area contributed by atoms with Crippen molar-refractivity contribution in [1.82, 2.24) is 4.90 Å². The molecule has 0 bridgehead atoms. The lowest BCUT2D eigenvalue weighted by atomic mass is 10.1. The van der Waals surface area contributed by atoms with Crippen LogP contribution in [0.3, 0.4) is 0 Å². The first-order valence-electron chi connectivity index (χ1n) is 5.88. The first kappa shape index (κ1) is 14.2. The van der Waals surface area contributed by atoms with Gasteiger partial charge in [0.2, 0.25) is 0 Å². The first-order valence-corrected chi connectivity index (χ1v) is 5.88. The summed E-state index contributed by atoms with van der Waals surface area (Å²) in [7, 11) is 0. The molecule has 0 heterocycles. The molecule has 0 radical (unpaired) electrons. The summed E-state index contributed by atoms with van der Waals surface area (Å²) in [5, 5.41) is 8.63. The van der Waals surface area contributed by atoms with Gasteiger partial charge in [-0.15, -0.1) is 0 Å². The molecule has 1 aromatic rings. The lowest BCUT2D eigenvalue weighted by Crippen LogP contribution is -2.32. The van der Waals surface area contributed by atoms with Gasteiger partial charge in [0.15, 0.2) is 0 Å². The molecular formula is C13H18N2O3. The van der Waals surface area contributed by atoms with E-state index in [9.17, 15) is 9.59 Å². The van der Waals surface area contributed by atoms with E-state index in [2.05, 4.69) is 0 Å². The summed E-state index contributed by atoms with van der Waals surface area (Å²) in [6.07, 6.45) is -0.0412. The number of carboxylic acids is 1. The van der Waals surface area contributed by atoms with Crippen LogP contribution in [0.1, 0.15) is 29.3 Å². The van der Waals surface area contributed by atoms with Gasteiger partial charge in [0.1, 0.15) is 0 Å². The molecule has 5 nitrogen and oxygen atoms in total. The molecule has 98 valence electrons. The Hall–Kier alpha value is -1.88. The Morgan fingerprint density at radius 3 is 2.33 bits per heavy atom. The number of aliphatic carboxylic acids is 1. The van der Waals surface area contributed by atoms with E-state index in [0.717, 1.165) is 5.56 Å². The highest BCUT2D eigenvalue weighted by Gasteiger charge is 2.14. The third kappa shape index (κ3) is 3.85. The Bertz CT molecular complexity index is 415. The molecule has 1 amide bonds. The summed E-state index contributed by atoms with van der Waals surface area (Å²) >= 11 is 0. The van der Waals surface area contributed by atoms with E-state index in [4.69, 9.17) is 10.8 Å². The molecule has 1 aromatic carbocycles. The molecule has 0 aromatic heterocycles. The quantitative estimate of drug-likeness (QED) is 0.791. The third-order valence-corrected chi connectivity index (χ3v) is 2.70. The van der Waals surface area contributed by atoms with Crippen molar-refractivity contribution < 1.29 is 14.7 Å². The molecule has 0 fully saturated rings. The van der Waals surface area contributed by atoms with Gasteiger partial charge in [-0.1, -0.05) is 12.1 Å². The first-order chi connectivity index (χ1) is 8.58. The zero-order valence-corrected chi connectivity index (χ0v) is 10.4. The summed E-state index contributed by atoms with van der Waals surface area (Å²) in [4.78, 5) is 24.1. The van der Waals surface area contributed by atoms with Gasteiger partial charge < -0.3 is 15.7 Å². The van der Waals surface area contributed by atoms with Crippen molar-refractivity contribution in [3.63, 3.8) is 0 Å². The Morgan fingerprint density at radius 2 is 1.89 bits per heavy atom.